The number of hydrogen-bond acceptors (Lipinski definition) is 2. The van der Waals surface area contributed by atoms with Crippen molar-refractivity contribution in [3.63, 3.8) is 0 Å². The van der Waals surface area contributed by atoms with Gasteiger partial charge in [0.2, 0.25) is 0 Å². The molecule has 0 saturated heterocycles. The van der Waals surface area contributed by atoms with Crippen molar-refractivity contribution in [2.24, 2.45) is 0 Å². The van der Waals surface area contributed by atoms with Gasteiger partial charge in [0.05, 0.1) is 4.88 Å². The molecule has 0 nitrogen and oxygen atoms in total. The predicted molar refractivity (Wildman–Crippen MR) is 68.0 cm³/mol. The van der Waals surface area contributed by atoms with Crippen molar-refractivity contribution in [2.75, 3.05) is 0 Å². The minimum atomic E-state index is 1.07. The van der Waals surface area contributed by atoms with Crippen molar-refractivity contribution in [1.82, 2.24) is 0 Å². The standard InChI is InChI=1S/C13H8S2/c1-2-3-4-6-11-8-9-13(15-11)12-7-5-10-14-12/h5,7-10H,1H3. The van der Waals surface area contributed by atoms with Gasteiger partial charge >= 0.3 is 0 Å². The van der Waals surface area contributed by atoms with E-state index in [9.17, 15) is 0 Å². The maximum atomic E-state index is 3.03. The van der Waals surface area contributed by atoms with Crippen LogP contribution in [0.1, 0.15) is 11.8 Å². The maximum absolute atomic E-state index is 3.03. The highest BCUT2D eigenvalue weighted by Gasteiger charge is 2.01. The second-order valence-corrected chi connectivity index (χ2v) is 4.80. The summed E-state index contributed by atoms with van der Waals surface area (Å²) in [5.74, 6) is 11.3. The molecule has 2 heteroatoms. The molecule has 0 radical (unpaired) electrons. The van der Waals surface area contributed by atoms with Gasteiger partial charge in [-0.05, 0) is 48.3 Å². The summed E-state index contributed by atoms with van der Waals surface area (Å²) in [7, 11) is 0. The molecule has 0 bridgehead atoms. The van der Waals surface area contributed by atoms with E-state index in [2.05, 4.69) is 47.3 Å². The molecule has 0 N–H and O–H groups in total. The fourth-order valence-corrected chi connectivity index (χ4v) is 2.81. The normalized spacial score (nSPS) is 8.60. The number of rotatable bonds is 1. The molecule has 2 aromatic heterocycles. The van der Waals surface area contributed by atoms with Crippen LogP contribution in [0.4, 0.5) is 0 Å². The van der Waals surface area contributed by atoms with Crippen molar-refractivity contribution in [3.05, 3.63) is 34.5 Å². The van der Waals surface area contributed by atoms with Crippen LogP contribution in [0.5, 0.6) is 0 Å². The molecule has 0 aromatic carbocycles. The summed E-state index contributed by atoms with van der Waals surface area (Å²) in [5, 5.41) is 2.09. The lowest BCUT2D eigenvalue weighted by atomic mass is 10.3. The second kappa shape index (κ2) is 4.84. The van der Waals surface area contributed by atoms with E-state index in [4.69, 9.17) is 0 Å². The van der Waals surface area contributed by atoms with E-state index in [-0.39, 0.29) is 0 Å². The van der Waals surface area contributed by atoms with Gasteiger partial charge in [-0.1, -0.05) is 12.0 Å². The van der Waals surface area contributed by atoms with Gasteiger partial charge < -0.3 is 0 Å². The predicted octanol–water partition coefficient (Wildman–Crippen LogP) is 3.85. The van der Waals surface area contributed by atoms with Gasteiger partial charge in [-0.15, -0.1) is 22.7 Å². The van der Waals surface area contributed by atoms with Gasteiger partial charge in [0.1, 0.15) is 0 Å². The molecule has 2 rings (SSSR count). The van der Waals surface area contributed by atoms with Crippen molar-refractivity contribution in [1.29, 1.82) is 0 Å². The van der Waals surface area contributed by atoms with Crippen LogP contribution in [0.15, 0.2) is 29.6 Å². The van der Waals surface area contributed by atoms with E-state index >= 15 is 0 Å². The highest BCUT2D eigenvalue weighted by molar-refractivity contribution is 7.21. The molecule has 0 unspecified atom stereocenters. The van der Waals surface area contributed by atoms with E-state index in [0.717, 1.165) is 4.88 Å². The molecule has 0 amide bonds. The zero-order valence-corrected chi connectivity index (χ0v) is 9.84. The minimum absolute atomic E-state index is 1.07. The first-order valence-electron chi connectivity index (χ1n) is 4.46. The molecule has 2 aromatic rings. The molecule has 0 fully saturated rings. The molecule has 0 aliphatic carbocycles. The van der Waals surface area contributed by atoms with Crippen LogP contribution < -0.4 is 0 Å². The van der Waals surface area contributed by atoms with E-state index in [0.29, 0.717) is 0 Å². The summed E-state index contributed by atoms with van der Waals surface area (Å²) in [6.07, 6.45) is 0. The SMILES string of the molecule is CC#CC#Cc1ccc(-c2cccs2)s1. The number of hydrogen-bond donors (Lipinski definition) is 0. The highest BCUT2D eigenvalue weighted by atomic mass is 32.1. The molecule has 0 spiro atoms. The van der Waals surface area contributed by atoms with Crippen LogP contribution in [0.25, 0.3) is 9.75 Å². The number of thiophene rings is 2. The van der Waals surface area contributed by atoms with Crippen molar-refractivity contribution in [3.8, 4) is 33.4 Å². The minimum Gasteiger partial charge on any atom is -0.143 e. The summed E-state index contributed by atoms with van der Waals surface area (Å²) in [6.45, 7) is 1.79. The fourth-order valence-electron chi connectivity index (χ4n) is 1.11. The van der Waals surface area contributed by atoms with Gasteiger partial charge in [-0.3, -0.25) is 0 Å². The average Bonchev–Trinajstić information content (AvgIpc) is 2.87. The molecule has 0 aliphatic rings. The third kappa shape index (κ3) is 2.50. The van der Waals surface area contributed by atoms with Gasteiger partial charge in [0, 0.05) is 9.75 Å². The molecular weight excluding hydrogens is 220 g/mol. The van der Waals surface area contributed by atoms with Gasteiger partial charge in [0.15, 0.2) is 0 Å². The molecule has 15 heavy (non-hydrogen) atoms. The quantitative estimate of drug-likeness (QED) is 0.650. The lowest BCUT2D eigenvalue weighted by molar-refractivity contribution is 1.90. The first-order valence-corrected chi connectivity index (χ1v) is 6.16. The van der Waals surface area contributed by atoms with Crippen LogP contribution in [0, 0.1) is 23.7 Å². The Morgan fingerprint density at radius 3 is 2.73 bits per heavy atom. The molecule has 2 heterocycles. The lowest BCUT2D eigenvalue weighted by Crippen LogP contribution is -1.58. The Bertz CT molecular complexity index is 551. The maximum Gasteiger partial charge on any atom is 0.0785 e. The van der Waals surface area contributed by atoms with Crippen LogP contribution in [-0.4, -0.2) is 0 Å². The second-order valence-electron chi connectivity index (χ2n) is 2.77. The largest absolute Gasteiger partial charge is 0.143 e. The zero-order chi connectivity index (χ0) is 10.5. The third-order valence-electron chi connectivity index (χ3n) is 1.74. The Balaban J connectivity index is 2.25. The zero-order valence-electron chi connectivity index (χ0n) is 8.20. The Kier molecular flexibility index (Phi) is 3.25. The Morgan fingerprint density at radius 2 is 2.00 bits per heavy atom. The molecule has 0 saturated carbocycles. The summed E-state index contributed by atoms with van der Waals surface area (Å²) in [4.78, 5) is 3.65. The van der Waals surface area contributed by atoms with Crippen molar-refractivity contribution >= 4 is 22.7 Å². The molecule has 72 valence electrons. The monoisotopic (exact) mass is 228 g/mol. The summed E-state index contributed by atoms with van der Waals surface area (Å²) in [6, 6.07) is 8.34. The summed E-state index contributed by atoms with van der Waals surface area (Å²) < 4.78 is 0. The Labute approximate surface area is 97.6 Å². The van der Waals surface area contributed by atoms with Crippen molar-refractivity contribution < 1.29 is 0 Å². The Hall–Kier alpha value is -1.48. The van der Waals surface area contributed by atoms with Gasteiger partial charge in [-0.2, -0.15) is 0 Å². The van der Waals surface area contributed by atoms with E-state index in [1.165, 1.54) is 9.75 Å². The van der Waals surface area contributed by atoms with Gasteiger partial charge in [0.25, 0.3) is 0 Å². The average molecular weight is 228 g/mol. The summed E-state index contributed by atoms with van der Waals surface area (Å²) in [5.41, 5.74) is 0. The lowest BCUT2D eigenvalue weighted by Gasteiger charge is -1.85. The van der Waals surface area contributed by atoms with E-state index in [1.807, 2.05) is 6.07 Å². The van der Waals surface area contributed by atoms with Crippen LogP contribution in [0.2, 0.25) is 0 Å². The molecule has 0 aliphatic heterocycles. The van der Waals surface area contributed by atoms with E-state index < -0.39 is 0 Å². The fraction of sp³-hybridized carbons (Fsp3) is 0.0769. The first kappa shape index (κ1) is 10.1. The van der Waals surface area contributed by atoms with E-state index in [1.54, 1.807) is 29.6 Å². The van der Waals surface area contributed by atoms with Crippen LogP contribution >= 0.6 is 22.7 Å². The molecule has 0 atom stereocenters. The molecular formula is C13H8S2. The first-order chi connectivity index (χ1) is 7.40. The highest BCUT2D eigenvalue weighted by Crippen LogP contribution is 2.30. The Morgan fingerprint density at radius 1 is 1.07 bits per heavy atom. The smallest absolute Gasteiger partial charge is 0.0785 e. The summed E-state index contributed by atoms with van der Waals surface area (Å²) >= 11 is 3.46. The van der Waals surface area contributed by atoms with Crippen LogP contribution in [0.3, 0.4) is 0 Å². The topological polar surface area (TPSA) is 0 Å². The van der Waals surface area contributed by atoms with Gasteiger partial charge in [-0.25, -0.2) is 0 Å². The van der Waals surface area contributed by atoms with Crippen LogP contribution in [-0.2, 0) is 0 Å². The third-order valence-corrected chi connectivity index (χ3v) is 3.81. The van der Waals surface area contributed by atoms with Crippen molar-refractivity contribution in [2.45, 2.75) is 6.92 Å².